The van der Waals surface area contributed by atoms with Crippen LogP contribution in [-0.2, 0) is 6.54 Å². The van der Waals surface area contributed by atoms with Gasteiger partial charge in [0.05, 0.1) is 6.10 Å². The summed E-state index contributed by atoms with van der Waals surface area (Å²) in [6.07, 6.45) is -0.0269. The molecule has 0 saturated carbocycles. The maximum absolute atomic E-state index is 5.83. The second kappa shape index (κ2) is 6.38. The van der Waals surface area contributed by atoms with E-state index in [0.29, 0.717) is 17.5 Å². The van der Waals surface area contributed by atoms with Gasteiger partial charge < -0.3 is 15.8 Å². The smallest absolute Gasteiger partial charge is 0.323 e. The molecule has 2 aromatic rings. The number of halogens is 1. The van der Waals surface area contributed by atoms with Crippen molar-refractivity contribution in [2.45, 2.75) is 26.5 Å². The van der Waals surface area contributed by atoms with Crippen LogP contribution in [0.15, 0.2) is 24.3 Å². The molecule has 6 nitrogen and oxygen atoms in total. The zero-order chi connectivity index (χ0) is 14.5. The quantitative estimate of drug-likeness (QED) is 0.881. The van der Waals surface area contributed by atoms with E-state index < -0.39 is 0 Å². The zero-order valence-corrected chi connectivity index (χ0v) is 12.1. The molecule has 106 valence electrons. The molecule has 1 heterocycles. The van der Waals surface area contributed by atoms with Gasteiger partial charge in [-0.2, -0.15) is 15.0 Å². The van der Waals surface area contributed by atoms with Gasteiger partial charge in [0.1, 0.15) is 0 Å². The van der Waals surface area contributed by atoms with Crippen molar-refractivity contribution in [1.29, 1.82) is 0 Å². The first kappa shape index (κ1) is 14.3. The highest BCUT2D eigenvalue weighted by Crippen LogP contribution is 2.13. The Morgan fingerprint density at radius 1 is 1.20 bits per heavy atom. The maximum atomic E-state index is 5.83. The Morgan fingerprint density at radius 2 is 1.90 bits per heavy atom. The summed E-state index contributed by atoms with van der Waals surface area (Å²) in [7, 11) is 0. The molecule has 0 aliphatic heterocycles. The minimum Gasteiger partial charge on any atom is -0.461 e. The number of ether oxygens (including phenoxy) is 1. The second-order valence-electron chi connectivity index (χ2n) is 4.45. The molecule has 0 fully saturated rings. The van der Waals surface area contributed by atoms with Crippen LogP contribution >= 0.6 is 11.6 Å². The van der Waals surface area contributed by atoms with Crippen LogP contribution in [0.3, 0.4) is 0 Å². The van der Waals surface area contributed by atoms with Crippen molar-refractivity contribution in [2.75, 3.05) is 11.1 Å². The molecule has 0 bridgehead atoms. The molecule has 0 aliphatic carbocycles. The lowest BCUT2D eigenvalue weighted by Gasteiger charge is -2.10. The van der Waals surface area contributed by atoms with Gasteiger partial charge in [-0.1, -0.05) is 23.7 Å². The molecule has 0 amide bonds. The van der Waals surface area contributed by atoms with E-state index in [0.717, 1.165) is 5.56 Å². The van der Waals surface area contributed by atoms with Gasteiger partial charge in [-0.25, -0.2) is 0 Å². The summed E-state index contributed by atoms with van der Waals surface area (Å²) in [6.45, 7) is 4.34. The predicted octanol–water partition coefficient (Wildman–Crippen LogP) is 2.51. The Bertz CT molecular complexity index is 573. The predicted molar refractivity (Wildman–Crippen MR) is 78.8 cm³/mol. The number of hydrogen-bond acceptors (Lipinski definition) is 6. The monoisotopic (exact) mass is 293 g/mol. The van der Waals surface area contributed by atoms with E-state index in [1.54, 1.807) is 0 Å². The van der Waals surface area contributed by atoms with Crippen LogP contribution in [0.2, 0.25) is 5.02 Å². The van der Waals surface area contributed by atoms with Crippen molar-refractivity contribution >= 4 is 23.5 Å². The SMILES string of the molecule is CC(C)Oc1nc(N)nc(NCc2ccc(Cl)cc2)n1. The standard InChI is InChI=1S/C13H16ClN5O/c1-8(2)20-13-18-11(15)17-12(19-13)16-7-9-3-5-10(14)6-4-9/h3-6,8H,7H2,1-2H3,(H3,15,16,17,18,19). The number of nitrogens with zero attached hydrogens (tertiary/aromatic N) is 3. The van der Waals surface area contributed by atoms with Crippen LogP contribution < -0.4 is 15.8 Å². The van der Waals surface area contributed by atoms with E-state index in [4.69, 9.17) is 22.1 Å². The molecule has 0 saturated heterocycles. The molecule has 0 spiro atoms. The Balaban J connectivity index is 2.05. The summed E-state index contributed by atoms with van der Waals surface area (Å²) >= 11 is 5.83. The number of aromatic nitrogens is 3. The van der Waals surface area contributed by atoms with Gasteiger partial charge >= 0.3 is 6.01 Å². The molecule has 2 rings (SSSR count). The summed E-state index contributed by atoms with van der Waals surface area (Å²) in [6, 6.07) is 7.71. The lowest BCUT2D eigenvalue weighted by Crippen LogP contribution is -2.12. The lowest BCUT2D eigenvalue weighted by atomic mass is 10.2. The summed E-state index contributed by atoms with van der Waals surface area (Å²) in [4.78, 5) is 12.1. The van der Waals surface area contributed by atoms with Crippen LogP contribution in [0.1, 0.15) is 19.4 Å². The van der Waals surface area contributed by atoms with E-state index in [-0.39, 0.29) is 18.1 Å². The van der Waals surface area contributed by atoms with Crippen LogP contribution in [-0.4, -0.2) is 21.1 Å². The summed E-state index contributed by atoms with van der Waals surface area (Å²) in [5.41, 5.74) is 6.68. The molecule has 7 heteroatoms. The molecule has 0 radical (unpaired) electrons. The van der Waals surface area contributed by atoms with Gasteiger partial charge in [-0.3, -0.25) is 0 Å². The molecular formula is C13H16ClN5O. The number of benzene rings is 1. The van der Waals surface area contributed by atoms with Crippen LogP contribution in [0.25, 0.3) is 0 Å². The van der Waals surface area contributed by atoms with Gasteiger partial charge in [-0.15, -0.1) is 0 Å². The molecule has 3 N–H and O–H groups in total. The van der Waals surface area contributed by atoms with Gasteiger partial charge in [-0.05, 0) is 31.5 Å². The molecule has 0 aliphatic rings. The molecule has 20 heavy (non-hydrogen) atoms. The van der Waals surface area contributed by atoms with Crippen LogP contribution in [0.5, 0.6) is 6.01 Å². The minimum absolute atomic E-state index is 0.0269. The van der Waals surface area contributed by atoms with Gasteiger partial charge in [0, 0.05) is 11.6 Å². The summed E-state index contributed by atoms with van der Waals surface area (Å²) in [5, 5.41) is 3.77. The first-order valence-corrected chi connectivity index (χ1v) is 6.57. The summed E-state index contributed by atoms with van der Waals surface area (Å²) in [5.74, 6) is 0.498. The highest BCUT2D eigenvalue weighted by molar-refractivity contribution is 6.30. The second-order valence-corrected chi connectivity index (χ2v) is 4.88. The number of nitrogens with two attached hydrogens (primary N) is 1. The number of anilines is 2. The molecule has 1 aromatic heterocycles. The van der Waals surface area contributed by atoms with Gasteiger partial charge in [0.2, 0.25) is 11.9 Å². The zero-order valence-electron chi connectivity index (χ0n) is 11.3. The largest absolute Gasteiger partial charge is 0.461 e. The van der Waals surface area contributed by atoms with Crippen molar-refractivity contribution < 1.29 is 4.74 Å². The van der Waals surface area contributed by atoms with E-state index in [2.05, 4.69) is 20.3 Å². The lowest BCUT2D eigenvalue weighted by molar-refractivity contribution is 0.222. The average molecular weight is 294 g/mol. The Morgan fingerprint density at radius 3 is 2.55 bits per heavy atom. The Labute approximate surface area is 122 Å². The van der Waals surface area contributed by atoms with Crippen molar-refractivity contribution in [3.8, 4) is 6.01 Å². The number of rotatable bonds is 5. The Hall–Kier alpha value is -2.08. The van der Waals surface area contributed by atoms with Crippen molar-refractivity contribution in [1.82, 2.24) is 15.0 Å². The van der Waals surface area contributed by atoms with E-state index >= 15 is 0 Å². The minimum atomic E-state index is -0.0269. The topological polar surface area (TPSA) is 86.0 Å². The first-order chi connectivity index (χ1) is 9.52. The first-order valence-electron chi connectivity index (χ1n) is 6.19. The fourth-order valence-corrected chi connectivity index (χ4v) is 1.62. The van der Waals surface area contributed by atoms with E-state index in [1.807, 2.05) is 38.1 Å². The fourth-order valence-electron chi connectivity index (χ4n) is 1.50. The van der Waals surface area contributed by atoms with Crippen LogP contribution in [0.4, 0.5) is 11.9 Å². The van der Waals surface area contributed by atoms with Gasteiger partial charge in [0.25, 0.3) is 0 Å². The third-order valence-corrected chi connectivity index (χ3v) is 2.59. The average Bonchev–Trinajstić information content (AvgIpc) is 2.36. The highest BCUT2D eigenvalue weighted by Gasteiger charge is 2.07. The van der Waals surface area contributed by atoms with E-state index in [1.165, 1.54) is 0 Å². The highest BCUT2D eigenvalue weighted by atomic mass is 35.5. The van der Waals surface area contributed by atoms with Crippen molar-refractivity contribution in [3.63, 3.8) is 0 Å². The van der Waals surface area contributed by atoms with Crippen molar-refractivity contribution in [3.05, 3.63) is 34.9 Å². The number of hydrogen-bond donors (Lipinski definition) is 2. The number of nitrogen functional groups attached to an aromatic ring is 1. The van der Waals surface area contributed by atoms with Gasteiger partial charge in [0.15, 0.2) is 0 Å². The van der Waals surface area contributed by atoms with E-state index in [9.17, 15) is 0 Å². The molecule has 1 aromatic carbocycles. The number of nitrogens with one attached hydrogen (secondary N) is 1. The Kier molecular flexibility index (Phi) is 4.57. The molecular weight excluding hydrogens is 278 g/mol. The normalized spacial score (nSPS) is 10.6. The fraction of sp³-hybridized carbons (Fsp3) is 0.308. The van der Waals surface area contributed by atoms with Crippen LogP contribution in [0, 0.1) is 0 Å². The third-order valence-electron chi connectivity index (χ3n) is 2.34. The molecule has 0 atom stereocenters. The van der Waals surface area contributed by atoms with Crippen molar-refractivity contribution in [2.24, 2.45) is 0 Å². The summed E-state index contributed by atoms with van der Waals surface area (Å²) < 4.78 is 5.40. The third kappa shape index (κ3) is 4.24. The molecule has 0 unspecified atom stereocenters. The maximum Gasteiger partial charge on any atom is 0.323 e.